The maximum absolute atomic E-state index is 13.5. The largest absolute Gasteiger partial charge is 0.508 e. The van der Waals surface area contributed by atoms with Gasteiger partial charge in [0, 0.05) is 5.69 Å². The number of anilines is 1. The van der Waals surface area contributed by atoms with Gasteiger partial charge in [0.1, 0.15) is 11.6 Å². The van der Waals surface area contributed by atoms with Gasteiger partial charge in [0.25, 0.3) is 0 Å². The van der Waals surface area contributed by atoms with Crippen molar-refractivity contribution in [3.05, 3.63) is 59.9 Å². The average molecular weight is 285 g/mol. The van der Waals surface area contributed by atoms with E-state index in [4.69, 9.17) is 5.73 Å². The molecule has 0 saturated carbocycles. The van der Waals surface area contributed by atoms with E-state index in [0.717, 1.165) is 5.56 Å². The van der Waals surface area contributed by atoms with E-state index in [9.17, 15) is 9.50 Å². The van der Waals surface area contributed by atoms with Crippen LogP contribution in [0.1, 0.15) is 12.5 Å². The fourth-order valence-electron chi connectivity index (χ4n) is 2.70. The van der Waals surface area contributed by atoms with Crippen molar-refractivity contribution in [2.75, 3.05) is 11.4 Å². The Kier molecular flexibility index (Phi) is 3.05. The molecule has 0 aromatic heterocycles. The maximum atomic E-state index is 13.5. The molecule has 5 heteroatoms. The van der Waals surface area contributed by atoms with Crippen LogP contribution < -0.4 is 10.6 Å². The van der Waals surface area contributed by atoms with E-state index in [1.165, 1.54) is 12.1 Å². The van der Waals surface area contributed by atoms with Gasteiger partial charge in [-0.05, 0) is 42.8 Å². The molecule has 0 radical (unpaired) electrons. The normalized spacial score (nSPS) is 21.4. The SMILES string of the molecule is CC1(c2ccc(O)cc2)CN=C(N)N1c1cccc(F)c1. The van der Waals surface area contributed by atoms with Crippen molar-refractivity contribution in [2.45, 2.75) is 12.5 Å². The number of phenolic OH excluding ortho intramolecular Hbond substituents is 1. The highest BCUT2D eigenvalue weighted by molar-refractivity contribution is 5.98. The van der Waals surface area contributed by atoms with Crippen molar-refractivity contribution in [3.63, 3.8) is 0 Å². The van der Waals surface area contributed by atoms with Crippen LogP contribution in [0.5, 0.6) is 5.75 Å². The van der Waals surface area contributed by atoms with Crippen LogP contribution in [-0.4, -0.2) is 17.6 Å². The Balaban J connectivity index is 2.07. The van der Waals surface area contributed by atoms with Crippen molar-refractivity contribution in [1.82, 2.24) is 0 Å². The first-order chi connectivity index (χ1) is 10.0. The zero-order valence-corrected chi connectivity index (χ0v) is 11.6. The molecule has 21 heavy (non-hydrogen) atoms. The molecule has 1 heterocycles. The lowest BCUT2D eigenvalue weighted by Crippen LogP contribution is -2.47. The van der Waals surface area contributed by atoms with Gasteiger partial charge in [-0.3, -0.25) is 4.99 Å². The number of aromatic hydroxyl groups is 1. The number of nitrogens with two attached hydrogens (primary N) is 1. The molecular weight excluding hydrogens is 269 g/mol. The average Bonchev–Trinajstić information content (AvgIpc) is 2.76. The molecule has 108 valence electrons. The molecule has 1 aliphatic heterocycles. The van der Waals surface area contributed by atoms with Gasteiger partial charge in [0.15, 0.2) is 5.96 Å². The third-order valence-corrected chi connectivity index (χ3v) is 3.83. The van der Waals surface area contributed by atoms with Crippen molar-refractivity contribution < 1.29 is 9.50 Å². The number of hydrogen-bond donors (Lipinski definition) is 2. The van der Waals surface area contributed by atoms with Crippen LogP contribution in [0.4, 0.5) is 10.1 Å². The van der Waals surface area contributed by atoms with Gasteiger partial charge in [-0.1, -0.05) is 18.2 Å². The summed E-state index contributed by atoms with van der Waals surface area (Å²) in [6.45, 7) is 2.47. The van der Waals surface area contributed by atoms with Crippen molar-refractivity contribution in [2.24, 2.45) is 10.7 Å². The molecule has 3 N–H and O–H groups in total. The van der Waals surface area contributed by atoms with Crippen molar-refractivity contribution >= 4 is 11.6 Å². The Morgan fingerprint density at radius 2 is 1.95 bits per heavy atom. The van der Waals surface area contributed by atoms with Crippen LogP contribution in [0.2, 0.25) is 0 Å². The second-order valence-corrected chi connectivity index (χ2v) is 5.31. The summed E-state index contributed by atoms with van der Waals surface area (Å²) in [7, 11) is 0. The Morgan fingerprint density at radius 3 is 2.62 bits per heavy atom. The van der Waals surface area contributed by atoms with Crippen LogP contribution in [0.3, 0.4) is 0 Å². The predicted octanol–water partition coefficient (Wildman–Crippen LogP) is 2.58. The monoisotopic (exact) mass is 285 g/mol. The van der Waals surface area contributed by atoms with E-state index in [2.05, 4.69) is 4.99 Å². The summed E-state index contributed by atoms with van der Waals surface area (Å²) >= 11 is 0. The highest BCUT2D eigenvalue weighted by Gasteiger charge is 2.40. The summed E-state index contributed by atoms with van der Waals surface area (Å²) in [6, 6.07) is 13.2. The fraction of sp³-hybridized carbons (Fsp3) is 0.188. The summed E-state index contributed by atoms with van der Waals surface area (Å²) < 4.78 is 13.5. The van der Waals surface area contributed by atoms with Crippen LogP contribution in [0.25, 0.3) is 0 Å². The highest BCUT2D eigenvalue weighted by Crippen LogP contribution is 2.37. The number of aliphatic imine (C=N–C) groups is 1. The van der Waals surface area contributed by atoms with E-state index in [0.29, 0.717) is 18.2 Å². The van der Waals surface area contributed by atoms with E-state index >= 15 is 0 Å². The standard InChI is InChI=1S/C16H16FN3O/c1-16(11-5-7-14(21)8-6-11)10-19-15(18)20(16)13-4-2-3-12(17)9-13/h2-9,21H,10H2,1H3,(H2,18,19). The third kappa shape index (κ3) is 2.20. The topological polar surface area (TPSA) is 61.9 Å². The molecular formula is C16H16FN3O. The number of nitrogens with zero attached hydrogens (tertiary/aromatic N) is 2. The number of phenols is 1. The molecule has 3 rings (SSSR count). The number of rotatable bonds is 2. The third-order valence-electron chi connectivity index (χ3n) is 3.83. The van der Waals surface area contributed by atoms with Gasteiger partial charge in [-0.15, -0.1) is 0 Å². The summed E-state index contributed by atoms with van der Waals surface area (Å²) in [6.07, 6.45) is 0. The quantitative estimate of drug-likeness (QED) is 0.891. The van der Waals surface area contributed by atoms with E-state index in [1.54, 1.807) is 24.3 Å². The Hall–Kier alpha value is -2.56. The first-order valence-corrected chi connectivity index (χ1v) is 6.66. The lowest BCUT2D eigenvalue weighted by Gasteiger charge is -2.36. The zero-order valence-electron chi connectivity index (χ0n) is 11.6. The highest BCUT2D eigenvalue weighted by atomic mass is 19.1. The Morgan fingerprint density at radius 1 is 1.24 bits per heavy atom. The molecule has 1 atom stereocenters. The number of benzene rings is 2. The Bertz CT molecular complexity index is 699. The van der Waals surface area contributed by atoms with Gasteiger partial charge < -0.3 is 15.7 Å². The molecule has 0 amide bonds. The van der Waals surface area contributed by atoms with Crippen LogP contribution >= 0.6 is 0 Å². The van der Waals surface area contributed by atoms with Crippen LogP contribution in [0, 0.1) is 5.82 Å². The molecule has 2 aromatic rings. The number of guanidine groups is 1. The first-order valence-electron chi connectivity index (χ1n) is 6.66. The minimum absolute atomic E-state index is 0.201. The molecule has 1 aliphatic rings. The molecule has 0 bridgehead atoms. The van der Waals surface area contributed by atoms with Gasteiger partial charge in [-0.2, -0.15) is 0 Å². The Labute approximate surface area is 122 Å². The lowest BCUT2D eigenvalue weighted by atomic mass is 9.90. The van der Waals surface area contributed by atoms with Gasteiger partial charge in [0.2, 0.25) is 0 Å². The predicted molar refractivity (Wildman–Crippen MR) is 80.8 cm³/mol. The number of hydrogen-bond acceptors (Lipinski definition) is 4. The molecule has 4 nitrogen and oxygen atoms in total. The summed E-state index contributed by atoms with van der Waals surface area (Å²) in [5, 5.41) is 9.44. The molecule has 0 saturated heterocycles. The molecule has 2 aromatic carbocycles. The molecule has 0 aliphatic carbocycles. The second kappa shape index (κ2) is 4.77. The minimum Gasteiger partial charge on any atom is -0.508 e. The van der Waals surface area contributed by atoms with E-state index in [-0.39, 0.29) is 11.6 Å². The zero-order chi connectivity index (χ0) is 15.0. The minimum atomic E-state index is -0.508. The van der Waals surface area contributed by atoms with Gasteiger partial charge >= 0.3 is 0 Å². The van der Waals surface area contributed by atoms with Gasteiger partial charge in [0.05, 0.1) is 12.1 Å². The molecule has 0 fully saturated rings. The molecule has 1 unspecified atom stereocenters. The van der Waals surface area contributed by atoms with Crippen molar-refractivity contribution in [3.8, 4) is 5.75 Å². The maximum Gasteiger partial charge on any atom is 0.196 e. The van der Waals surface area contributed by atoms with Crippen LogP contribution in [-0.2, 0) is 5.54 Å². The van der Waals surface area contributed by atoms with Gasteiger partial charge in [-0.25, -0.2) is 4.39 Å². The number of halogens is 1. The summed E-state index contributed by atoms with van der Waals surface area (Å²) in [5.74, 6) is 0.239. The van der Waals surface area contributed by atoms with Crippen LogP contribution in [0.15, 0.2) is 53.5 Å². The summed E-state index contributed by atoms with van der Waals surface area (Å²) in [5.41, 5.74) is 7.11. The van der Waals surface area contributed by atoms with E-state index in [1.807, 2.05) is 24.0 Å². The molecule has 0 spiro atoms. The fourth-order valence-corrected chi connectivity index (χ4v) is 2.70. The van der Waals surface area contributed by atoms with Crippen molar-refractivity contribution in [1.29, 1.82) is 0 Å². The van der Waals surface area contributed by atoms with E-state index < -0.39 is 5.54 Å². The first kappa shape index (κ1) is 13.4. The smallest absolute Gasteiger partial charge is 0.196 e. The summed E-state index contributed by atoms with van der Waals surface area (Å²) in [4.78, 5) is 6.13. The lowest BCUT2D eigenvalue weighted by molar-refractivity contribution is 0.473. The second-order valence-electron chi connectivity index (χ2n) is 5.31.